The Morgan fingerprint density at radius 1 is 0.636 bits per heavy atom. The van der Waals surface area contributed by atoms with Crippen molar-refractivity contribution < 1.29 is 0 Å². The summed E-state index contributed by atoms with van der Waals surface area (Å²) < 4.78 is 0. The van der Waals surface area contributed by atoms with Crippen molar-refractivity contribution in [1.29, 1.82) is 0 Å². The molecule has 0 bridgehead atoms. The Hall–Kier alpha value is -0.370. The number of pyridine rings is 1. The number of aryl methyl sites for hydroxylation is 1. The van der Waals surface area contributed by atoms with E-state index >= 15 is 0 Å². The zero-order chi connectivity index (χ0) is 15.7. The van der Waals surface area contributed by atoms with Crippen LogP contribution in [-0.4, -0.2) is 10.3 Å². The normalized spacial score (nSPS) is 11.0. The third-order valence-electron chi connectivity index (χ3n) is 4.29. The molecule has 0 aliphatic heterocycles. The van der Waals surface area contributed by atoms with Gasteiger partial charge >= 0.3 is 0 Å². The summed E-state index contributed by atoms with van der Waals surface area (Å²) in [7, 11) is 0. The van der Waals surface area contributed by atoms with Gasteiger partial charge < -0.3 is 0 Å². The monoisotopic (exact) mass is 367 g/mol. The van der Waals surface area contributed by atoms with E-state index in [1.54, 1.807) is 0 Å². The van der Waals surface area contributed by atoms with Crippen LogP contribution in [0.2, 0.25) is 0 Å². The second-order valence-electron chi connectivity index (χ2n) is 6.36. The minimum atomic E-state index is 1.15. The Morgan fingerprint density at radius 3 is 1.59 bits per heavy atom. The second kappa shape index (κ2) is 15.5. The van der Waals surface area contributed by atoms with Gasteiger partial charge in [0.2, 0.25) is 0 Å². The highest BCUT2D eigenvalue weighted by Crippen LogP contribution is 2.13. The quantitative estimate of drug-likeness (QED) is 0.238. The zero-order valence-electron chi connectivity index (χ0n) is 14.2. The Kier molecular flexibility index (Phi) is 13.9. The lowest BCUT2D eigenvalue weighted by Crippen LogP contribution is -1.89. The van der Waals surface area contributed by atoms with Gasteiger partial charge in [-0.3, -0.25) is 4.98 Å². The molecule has 0 unspecified atom stereocenters. The van der Waals surface area contributed by atoms with E-state index in [1.165, 1.54) is 94.5 Å². The number of unbranched alkanes of at least 4 members (excludes halogenated alkanes) is 12. The average molecular weight is 368 g/mol. The molecule has 1 aromatic rings. The Morgan fingerprint density at radius 2 is 1.14 bits per heavy atom. The van der Waals surface area contributed by atoms with Crippen molar-refractivity contribution in [3.05, 3.63) is 30.1 Å². The maximum absolute atomic E-state index is 4.38. The number of rotatable bonds is 15. The maximum Gasteiger partial charge on any atom is 0.0403 e. The van der Waals surface area contributed by atoms with Crippen LogP contribution in [0.1, 0.15) is 89.2 Å². The van der Waals surface area contributed by atoms with Gasteiger partial charge in [-0.2, -0.15) is 0 Å². The van der Waals surface area contributed by atoms with Crippen molar-refractivity contribution in [3.8, 4) is 0 Å². The van der Waals surface area contributed by atoms with Crippen LogP contribution in [0.4, 0.5) is 0 Å². The molecule has 1 nitrogen and oxygen atoms in total. The van der Waals surface area contributed by atoms with Crippen molar-refractivity contribution in [3.63, 3.8) is 0 Å². The van der Waals surface area contributed by atoms with Gasteiger partial charge in [0.15, 0.2) is 0 Å². The number of hydrogen-bond acceptors (Lipinski definition) is 1. The fraction of sp³-hybridized carbons (Fsp3) is 0.750. The largest absolute Gasteiger partial charge is 0.261 e. The van der Waals surface area contributed by atoms with Crippen LogP contribution in [0.3, 0.4) is 0 Å². The lowest BCUT2D eigenvalue weighted by Gasteiger charge is -2.03. The first-order chi connectivity index (χ1) is 10.9. The van der Waals surface area contributed by atoms with Gasteiger partial charge in [-0.1, -0.05) is 92.6 Å². The lowest BCUT2D eigenvalue weighted by atomic mass is 10.0. The zero-order valence-corrected chi connectivity index (χ0v) is 15.8. The summed E-state index contributed by atoms with van der Waals surface area (Å²) in [5.74, 6) is 0. The van der Waals surface area contributed by atoms with E-state index in [0.29, 0.717) is 0 Å². The summed E-state index contributed by atoms with van der Waals surface area (Å²) in [6.45, 7) is 0. The Bertz CT molecular complexity index is 326. The summed E-state index contributed by atoms with van der Waals surface area (Å²) in [6.07, 6.45) is 21.4. The predicted molar refractivity (Wildman–Crippen MR) is 102 cm³/mol. The summed E-state index contributed by atoms with van der Waals surface area (Å²) in [4.78, 5) is 4.38. The average Bonchev–Trinajstić information content (AvgIpc) is 2.56. The van der Waals surface area contributed by atoms with Crippen molar-refractivity contribution in [2.24, 2.45) is 0 Å². The van der Waals surface area contributed by atoms with E-state index in [0.717, 1.165) is 6.42 Å². The van der Waals surface area contributed by atoms with Gasteiger partial charge in [0.25, 0.3) is 0 Å². The summed E-state index contributed by atoms with van der Waals surface area (Å²) in [6, 6.07) is 6.22. The summed E-state index contributed by atoms with van der Waals surface area (Å²) >= 11 is 3.49. The smallest absolute Gasteiger partial charge is 0.0403 e. The molecule has 126 valence electrons. The highest BCUT2D eigenvalue weighted by atomic mass is 79.9. The fourth-order valence-electron chi connectivity index (χ4n) is 2.89. The molecule has 2 heteroatoms. The topological polar surface area (TPSA) is 12.9 Å². The first kappa shape index (κ1) is 19.7. The predicted octanol–water partition coefficient (Wildman–Crippen LogP) is 7.09. The van der Waals surface area contributed by atoms with Gasteiger partial charge in [0.1, 0.15) is 0 Å². The SMILES string of the molecule is BrCCCCCCCCCCCCCCCc1ccccn1. The van der Waals surface area contributed by atoms with Gasteiger partial charge in [-0.25, -0.2) is 0 Å². The molecule has 0 saturated heterocycles. The van der Waals surface area contributed by atoms with Crippen LogP contribution in [0.25, 0.3) is 0 Å². The van der Waals surface area contributed by atoms with Crippen molar-refractivity contribution in [1.82, 2.24) is 4.98 Å². The minimum Gasteiger partial charge on any atom is -0.261 e. The van der Waals surface area contributed by atoms with Crippen LogP contribution < -0.4 is 0 Å². The van der Waals surface area contributed by atoms with E-state index in [1.807, 2.05) is 12.3 Å². The first-order valence-corrected chi connectivity index (χ1v) is 10.5. The molecule has 0 saturated carbocycles. The first-order valence-electron chi connectivity index (χ1n) is 9.39. The maximum atomic E-state index is 4.38. The van der Waals surface area contributed by atoms with Crippen LogP contribution in [0.15, 0.2) is 24.4 Å². The van der Waals surface area contributed by atoms with E-state index in [2.05, 4.69) is 33.0 Å². The molecule has 0 atom stereocenters. The molecule has 1 heterocycles. The van der Waals surface area contributed by atoms with E-state index in [9.17, 15) is 0 Å². The molecule has 0 N–H and O–H groups in total. The van der Waals surface area contributed by atoms with Crippen LogP contribution in [-0.2, 0) is 6.42 Å². The lowest BCUT2D eigenvalue weighted by molar-refractivity contribution is 0.539. The third-order valence-corrected chi connectivity index (χ3v) is 4.85. The summed E-state index contributed by atoms with van der Waals surface area (Å²) in [5.41, 5.74) is 1.25. The molecule has 0 aliphatic carbocycles. The number of halogens is 1. The highest BCUT2D eigenvalue weighted by molar-refractivity contribution is 9.09. The minimum absolute atomic E-state index is 1.15. The molecule has 22 heavy (non-hydrogen) atoms. The molecule has 0 fully saturated rings. The number of aromatic nitrogens is 1. The second-order valence-corrected chi connectivity index (χ2v) is 7.15. The van der Waals surface area contributed by atoms with Gasteiger partial charge in [0.05, 0.1) is 0 Å². The van der Waals surface area contributed by atoms with Gasteiger partial charge in [0, 0.05) is 17.2 Å². The highest BCUT2D eigenvalue weighted by Gasteiger charge is 1.95. The molecule has 0 radical (unpaired) electrons. The third kappa shape index (κ3) is 12.2. The molecule has 0 spiro atoms. The van der Waals surface area contributed by atoms with E-state index in [4.69, 9.17) is 0 Å². The Labute approximate surface area is 146 Å². The standard InChI is InChI=1S/C20H34BrN/c21-18-14-11-9-7-5-3-1-2-4-6-8-10-12-16-20-17-13-15-19-22-20/h13,15,17,19H,1-12,14,16,18H2. The van der Waals surface area contributed by atoms with Crippen LogP contribution >= 0.6 is 15.9 Å². The number of nitrogens with zero attached hydrogens (tertiary/aromatic N) is 1. The van der Waals surface area contributed by atoms with Gasteiger partial charge in [-0.15, -0.1) is 0 Å². The van der Waals surface area contributed by atoms with E-state index < -0.39 is 0 Å². The molecule has 0 aromatic carbocycles. The molecule has 1 rings (SSSR count). The molecule has 1 aromatic heterocycles. The molecule has 0 aliphatic rings. The number of alkyl halides is 1. The summed E-state index contributed by atoms with van der Waals surface area (Å²) in [5, 5.41) is 1.18. The van der Waals surface area contributed by atoms with Crippen LogP contribution in [0, 0.1) is 0 Å². The van der Waals surface area contributed by atoms with E-state index in [-0.39, 0.29) is 0 Å². The number of hydrogen-bond donors (Lipinski definition) is 0. The molecule has 0 amide bonds. The van der Waals surface area contributed by atoms with Crippen molar-refractivity contribution in [2.45, 2.75) is 89.9 Å². The van der Waals surface area contributed by atoms with Gasteiger partial charge in [-0.05, 0) is 31.4 Å². The van der Waals surface area contributed by atoms with Crippen LogP contribution in [0.5, 0.6) is 0 Å². The van der Waals surface area contributed by atoms with Crippen molar-refractivity contribution >= 4 is 15.9 Å². The fourth-order valence-corrected chi connectivity index (χ4v) is 3.29. The molecular weight excluding hydrogens is 334 g/mol. The Balaban J connectivity index is 1.73. The van der Waals surface area contributed by atoms with Crippen molar-refractivity contribution in [2.75, 3.05) is 5.33 Å². The molecular formula is C20H34BrN.